The van der Waals surface area contributed by atoms with Gasteiger partial charge in [0, 0.05) is 60.8 Å². The molecule has 3 heterocycles. The van der Waals surface area contributed by atoms with Crippen LogP contribution >= 0.6 is 11.6 Å². The topological polar surface area (TPSA) is 86.4 Å². The van der Waals surface area contributed by atoms with Crippen molar-refractivity contribution in [1.82, 2.24) is 9.80 Å². The number of halogens is 1. The molecule has 3 aromatic carbocycles. The van der Waals surface area contributed by atoms with Crippen LogP contribution in [0.5, 0.6) is 11.5 Å². The first kappa shape index (κ1) is 26.2. The lowest BCUT2D eigenvalue weighted by Crippen LogP contribution is -2.48. The summed E-state index contributed by atoms with van der Waals surface area (Å²) in [4.78, 5) is 32.3. The van der Waals surface area contributed by atoms with Crippen LogP contribution in [-0.4, -0.2) is 75.2 Å². The molecule has 1 fully saturated rings. The van der Waals surface area contributed by atoms with E-state index in [0.717, 1.165) is 48.7 Å². The second kappa shape index (κ2) is 10.8. The van der Waals surface area contributed by atoms with Gasteiger partial charge in [-0.15, -0.1) is 0 Å². The summed E-state index contributed by atoms with van der Waals surface area (Å²) in [6, 6.07) is 18.5. The van der Waals surface area contributed by atoms with Crippen LogP contribution in [0.2, 0.25) is 5.02 Å². The van der Waals surface area contributed by atoms with Crippen molar-refractivity contribution in [2.75, 3.05) is 69.1 Å². The molecule has 6 rings (SSSR count). The van der Waals surface area contributed by atoms with Gasteiger partial charge < -0.3 is 29.9 Å². The molecule has 40 heavy (non-hydrogen) atoms. The number of carbonyl (C=O) groups excluding carboxylic acids is 2. The molecule has 1 saturated heterocycles. The number of nitrogens with zero attached hydrogens (tertiary/aromatic N) is 3. The third-order valence-electron chi connectivity index (χ3n) is 7.49. The van der Waals surface area contributed by atoms with E-state index in [1.807, 2.05) is 48.5 Å². The molecule has 2 N–H and O–H groups in total. The van der Waals surface area contributed by atoms with Gasteiger partial charge in [-0.2, -0.15) is 0 Å². The predicted octanol–water partition coefficient (Wildman–Crippen LogP) is 4.21. The summed E-state index contributed by atoms with van der Waals surface area (Å²) in [5, 5.41) is 6.92. The van der Waals surface area contributed by atoms with Gasteiger partial charge >= 0.3 is 0 Å². The van der Waals surface area contributed by atoms with E-state index < -0.39 is 0 Å². The van der Waals surface area contributed by atoms with Gasteiger partial charge in [0.15, 0.2) is 11.5 Å². The highest BCUT2D eigenvalue weighted by atomic mass is 35.5. The third kappa shape index (κ3) is 5.23. The number of likely N-dealkylation sites (N-methyl/N-ethyl adjacent to an activating group) is 2. The zero-order valence-electron chi connectivity index (χ0n) is 22.4. The van der Waals surface area contributed by atoms with Crippen molar-refractivity contribution in [2.45, 2.75) is 0 Å². The maximum atomic E-state index is 13.2. The van der Waals surface area contributed by atoms with Crippen LogP contribution < -0.4 is 25.0 Å². The minimum absolute atomic E-state index is 0.0475. The Bertz CT molecular complexity index is 1500. The summed E-state index contributed by atoms with van der Waals surface area (Å²) < 4.78 is 11.1. The molecule has 3 aromatic rings. The zero-order chi connectivity index (χ0) is 27.8. The average Bonchev–Trinajstić information content (AvgIpc) is 3.55. The van der Waals surface area contributed by atoms with Crippen molar-refractivity contribution in [3.63, 3.8) is 0 Å². The molecular weight excluding hydrogens is 530 g/mol. The predicted molar refractivity (Wildman–Crippen MR) is 157 cm³/mol. The molecule has 2 amide bonds. The van der Waals surface area contributed by atoms with E-state index in [0.29, 0.717) is 40.0 Å². The number of rotatable bonds is 6. The zero-order valence-corrected chi connectivity index (χ0v) is 23.1. The summed E-state index contributed by atoms with van der Waals surface area (Å²) in [5.74, 6) is 1.09. The van der Waals surface area contributed by atoms with E-state index in [9.17, 15) is 9.59 Å². The molecule has 9 nitrogen and oxygen atoms in total. The Labute approximate surface area is 237 Å². The monoisotopic (exact) mass is 559 g/mol. The number of ether oxygens (including phenoxy) is 2. The number of hydrogen-bond donors (Lipinski definition) is 2. The molecule has 0 bridgehead atoms. The van der Waals surface area contributed by atoms with Gasteiger partial charge in [0.05, 0.1) is 23.5 Å². The highest BCUT2D eigenvalue weighted by Crippen LogP contribution is 2.41. The fourth-order valence-electron chi connectivity index (χ4n) is 5.08. The largest absolute Gasteiger partial charge is 0.454 e. The van der Waals surface area contributed by atoms with Crippen molar-refractivity contribution in [3.05, 3.63) is 76.8 Å². The SMILES string of the molecule is CN1CCN(CC(=O)N(C)c2ccc(N/C(=C3\C(=O)Nc4cc(Cl)ccc43)c3ccc4c(c3)OCO4)cc2)CC1. The van der Waals surface area contributed by atoms with E-state index in [1.54, 1.807) is 24.1 Å². The number of fused-ring (bicyclic) bond motifs is 2. The maximum absolute atomic E-state index is 13.2. The van der Waals surface area contributed by atoms with Gasteiger partial charge in [-0.1, -0.05) is 17.7 Å². The summed E-state index contributed by atoms with van der Waals surface area (Å²) in [5.41, 5.74) is 4.84. The highest BCUT2D eigenvalue weighted by molar-refractivity contribution is 6.38. The lowest BCUT2D eigenvalue weighted by molar-refractivity contribution is -0.119. The van der Waals surface area contributed by atoms with E-state index in [1.165, 1.54) is 0 Å². The Hall–Kier alpha value is -4.05. The first-order chi connectivity index (χ1) is 19.4. The Morgan fingerprint density at radius 1 is 1.00 bits per heavy atom. The average molecular weight is 560 g/mol. The molecule has 0 aromatic heterocycles. The lowest BCUT2D eigenvalue weighted by atomic mass is 9.99. The highest BCUT2D eigenvalue weighted by Gasteiger charge is 2.29. The summed E-state index contributed by atoms with van der Waals surface area (Å²) in [7, 11) is 3.90. The van der Waals surface area contributed by atoms with E-state index >= 15 is 0 Å². The van der Waals surface area contributed by atoms with Crippen LogP contribution in [0.3, 0.4) is 0 Å². The Balaban J connectivity index is 1.28. The number of piperazine rings is 1. The van der Waals surface area contributed by atoms with Crippen LogP contribution in [0.25, 0.3) is 11.3 Å². The van der Waals surface area contributed by atoms with Gasteiger partial charge in [-0.05, 0) is 61.6 Å². The van der Waals surface area contributed by atoms with Gasteiger partial charge in [0.25, 0.3) is 5.91 Å². The Morgan fingerprint density at radius 2 is 1.75 bits per heavy atom. The number of anilines is 3. The van der Waals surface area contributed by atoms with Gasteiger partial charge in [0.2, 0.25) is 12.7 Å². The van der Waals surface area contributed by atoms with E-state index in [4.69, 9.17) is 21.1 Å². The van der Waals surface area contributed by atoms with Crippen LogP contribution in [0, 0.1) is 0 Å². The molecule has 3 aliphatic rings. The summed E-state index contributed by atoms with van der Waals surface area (Å²) >= 11 is 6.19. The fourth-order valence-corrected chi connectivity index (χ4v) is 5.26. The van der Waals surface area contributed by atoms with Crippen molar-refractivity contribution < 1.29 is 19.1 Å². The van der Waals surface area contributed by atoms with Gasteiger partial charge in [0.1, 0.15) is 0 Å². The molecule has 0 radical (unpaired) electrons. The molecule has 0 saturated carbocycles. The first-order valence-corrected chi connectivity index (χ1v) is 13.5. The van der Waals surface area contributed by atoms with Crippen molar-refractivity contribution in [2.24, 2.45) is 0 Å². The van der Waals surface area contributed by atoms with E-state index in [2.05, 4.69) is 27.5 Å². The fraction of sp³-hybridized carbons (Fsp3) is 0.267. The second-order valence-electron chi connectivity index (χ2n) is 10.2. The number of amides is 2. The van der Waals surface area contributed by atoms with Crippen molar-refractivity contribution >= 4 is 51.7 Å². The second-order valence-corrected chi connectivity index (χ2v) is 10.6. The Morgan fingerprint density at radius 3 is 2.52 bits per heavy atom. The minimum Gasteiger partial charge on any atom is -0.454 e. The van der Waals surface area contributed by atoms with Crippen LogP contribution in [-0.2, 0) is 9.59 Å². The summed E-state index contributed by atoms with van der Waals surface area (Å²) in [6.45, 7) is 4.26. The number of nitrogens with one attached hydrogen (secondary N) is 2. The smallest absolute Gasteiger partial charge is 0.258 e. The number of carbonyl (C=O) groups is 2. The first-order valence-electron chi connectivity index (χ1n) is 13.2. The molecule has 206 valence electrons. The molecule has 3 aliphatic heterocycles. The molecular formula is C30H30ClN5O4. The minimum atomic E-state index is -0.233. The third-order valence-corrected chi connectivity index (χ3v) is 7.73. The van der Waals surface area contributed by atoms with Crippen LogP contribution in [0.1, 0.15) is 11.1 Å². The molecule has 0 spiro atoms. The lowest BCUT2D eigenvalue weighted by Gasteiger charge is -2.32. The van der Waals surface area contributed by atoms with Crippen LogP contribution in [0.15, 0.2) is 60.7 Å². The molecule has 10 heteroatoms. The normalized spacial score (nSPS) is 17.8. The summed E-state index contributed by atoms with van der Waals surface area (Å²) in [6.07, 6.45) is 0. The Kier molecular flexibility index (Phi) is 7.10. The molecule has 0 atom stereocenters. The quantitative estimate of drug-likeness (QED) is 0.438. The molecule has 0 aliphatic carbocycles. The number of benzene rings is 3. The van der Waals surface area contributed by atoms with Crippen molar-refractivity contribution in [3.8, 4) is 11.5 Å². The maximum Gasteiger partial charge on any atom is 0.258 e. The standard InChI is InChI=1S/C30H30ClN5O4/c1-34-11-13-36(14-12-34)17-27(37)35(2)22-7-5-21(6-8-22)32-29(19-3-10-25-26(15-19)40-18-39-25)28-23-9-4-20(31)16-24(23)33-30(28)38/h3-10,15-16,32H,11-14,17-18H2,1-2H3,(H,33,38)/b29-28-. The number of hydrogen-bond acceptors (Lipinski definition) is 7. The molecule has 0 unspecified atom stereocenters. The van der Waals surface area contributed by atoms with Gasteiger partial charge in [-0.3, -0.25) is 14.5 Å². The van der Waals surface area contributed by atoms with Crippen LogP contribution in [0.4, 0.5) is 17.1 Å². The van der Waals surface area contributed by atoms with E-state index in [-0.39, 0.29) is 18.6 Å². The van der Waals surface area contributed by atoms with Gasteiger partial charge in [-0.25, -0.2) is 0 Å². The van der Waals surface area contributed by atoms with Crippen molar-refractivity contribution in [1.29, 1.82) is 0 Å².